The van der Waals surface area contributed by atoms with Gasteiger partial charge in [0.15, 0.2) is 5.82 Å². The molecule has 2 N–H and O–H groups in total. The highest BCUT2D eigenvalue weighted by molar-refractivity contribution is 5.55. The molecule has 1 aliphatic rings. The molecule has 1 fully saturated rings. The quantitative estimate of drug-likeness (QED) is 0.712. The first kappa shape index (κ1) is 18.1. The minimum absolute atomic E-state index is 0.193. The third-order valence-electron chi connectivity index (χ3n) is 4.37. The van der Waals surface area contributed by atoms with Crippen LogP contribution in [0.5, 0.6) is 11.8 Å². The number of hydrogen-bond acceptors (Lipinski definition) is 9. The van der Waals surface area contributed by atoms with Gasteiger partial charge in [0, 0.05) is 25.5 Å². The Bertz CT molecular complexity index is 926. The number of rotatable bonds is 5. The number of ether oxygens (including phenoxy) is 2. The number of aromatic nitrogens is 5. The van der Waals surface area contributed by atoms with Gasteiger partial charge in [0.1, 0.15) is 5.75 Å². The second kappa shape index (κ2) is 8.13. The maximum Gasteiger partial charge on any atom is 0.327 e. The van der Waals surface area contributed by atoms with Crippen molar-refractivity contribution in [3.63, 3.8) is 0 Å². The number of morpholine rings is 1. The van der Waals surface area contributed by atoms with E-state index in [0.29, 0.717) is 49.4 Å². The molecule has 2 aromatic heterocycles. The fourth-order valence-corrected chi connectivity index (χ4v) is 2.78. The molecule has 3 heterocycles. The van der Waals surface area contributed by atoms with Crippen LogP contribution >= 0.6 is 0 Å². The predicted octanol–water partition coefficient (Wildman–Crippen LogP) is 2.10. The van der Waals surface area contributed by atoms with Crippen LogP contribution in [-0.4, -0.2) is 51.2 Å². The van der Waals surface area contributed by atoms with Gasteiger partial charge in [0.05, 0.1) is 18.8 Å². The van der Waals surface area contributed by atoms with E-state index in [4.69, 9.17) is 15.2 Å². The Morgan fingerprint density at radius 2 is 1.75 bits per heavy atom. The number of benzene rings is 1. The highest BCUT2D eigenvalue weighted by Crippen LogP contribution is 2.24. The monoisotopic (exact) mass is 379 g/mol. The molecule has 3 aromatic rings. The molecule has 1 aromatic carbocycles. The highest BCUT2D eigenvalue weighted by Gasteiger charge is 2.18. The summed E-state index contributed by atoms with van der Waals surface area (Å²) < 4.78 is 11.3. The van der Waals surface area contributed by atoms with Gasteiger partial charge in [-0.1, -0.05) is 19.1 Å². The van der Waals surface area contributed by atoms with Gasteiger partial charge in [-0.15, -0.1) is 0 Å². The molecule has 28 heavy (non-hydrogen) atoms. The van der Waals surface area contributed by atoms with E-state index in [1.54, 1.807) is 12.4 Å². The Morgan fingerprint density at radius 1 is 1.04 bits per heavy atom. The number of nitrogens with two attached hydrogens (primary N) is 1. The number of nitrogens with zero attached hydrogens (tertiary/aromatic N) is 6. The number of anilines is 2. The summed E-state index contributed by atoms with van der Waals surface area (Å²) in [6.45, 7) is 4.76. The molecule has 0 radical (unpaired) electrons. The van der Waals surface area contributed by atoms with Crippen molar-refractivity contribution >= 4 is 11.9 Å². The maximum atomic E-state index is 5.91. The molecule has 9 nitrogen and oxygen atoms in total. The summed E-state index contributed by atoms with van der Waals surface area (Å²) in [6.07, 6.45) is 4.13. The minimum Gasteiger partial charge on any atom is -0.424 e. The fraction of sp³-hybridized carbons (Fsp3) is 0.316. The van der Waals surface area contributed by atoms with Crippen molar-refractivity contribution in [1.29, 1.82) is 0 Å². The van der Waals surface area contributed by atoms with E-state index in [1.165, 1.54) is 5.56 Å². The average molecular weight is 379 g/mol. The molecule has 1 aliphatic heterocycles. The smallest absolute Gasteiger partial charge is 0.327 e. The van der Waals surface area contributed by atoms with E-state index in [9.17, 15) is 0 Å². The summed E-state index contributed by atoms with van der Waals surface area (Å²) in [6, 6.07) is 8.07. The first-order valence-electron chi connectivity index (χ1n) is 9.14. The van der Waals surface area contributed by atoms with Gasteiger partial charge >= 0.3 is 6.01 Å². The molecular weight excluding hydrogens is 358 g/mol. The molecule has 1 saturated heterocycles. The molecule has 0 saturated carbocycles. The second-order valence-electron chi connectivity index (χ2n) is 6.27. The van der Waals surface area contributed by atoms with Crippen LogP contribution in [0.25, 0.3) is 11.4 Å². The number of hydrogen-bond donors (Lipinski definition) is 1. The van der Waals surface area contributed by atoms with Crippen LogP contribution in [0, 0.1) is 0 Å². The first-order chi connectivity index (χ1) is 13.7. The van der Waals surface area contributed by atoms with Crippen molar-refractivity contribution < 1.29 is 9.47 Å². The van der Waals surface area contributed by atoms with Gasteiger partial charge in [-0.3, -0.25) is 0 Å². The highest BCUT2D eigenvalue weighted by atomic mass is 16.5. The van der Waals surface area contributed by atoms with Crippen molar-refractivity contribution in [3.05, 3.63) is 42.2 Å². The van der Waals surface area contributed by atoms with Crippen LogP contribution in [0.15, 0.2) is 36.7 Å². The first-order valence-corrected chi connectivity index (χ1v) is 9.14. The van der Waals surface area contributed by atoms with Crippen LogP contribution < -0.4 is 15.4 Å². The van der Waals surface area contributed by atoms with Crippen molar-refractivity contribution in [2.45, 2.75) is 13.3 Å². The van der Waals surface area contributed by atoms with E-state index in [-0.39, 0.29) is 12.0 Å². The predicted molar refractivity (Wildman–Crippen MR) is 104 cm³/mol. The van der Waals surface area contributed by atoms with Gasteiger partial charge < -0.3 is 20.1 Å². The lowest BCUT2D eigenvalue weighted by atomic mass is 10.2. The molecule has 0 bridgehead atoms. The van der Waals surface area contributed by atoms with E-state index in [2.05, 4.69) is 31.8 Å². The van der Waals surface area contributed by atoms with Gasteiger partial charge in [-0.05, 0) is 24.1 Å². The van der Waals surface area contributed by atoms with E-state index >= 15 is 0 Å². The van der Waals surface area contributed by atoms with E-state index < -0.39 is 0 Å². The van der Waals surface area contributed by atoms with E-state index in [1.807, 2.05) is 29.2 Å². The lowest BCUT2D eigenvalue weighted by molar-refractivity contribution is 0.122. The normalized spacial score (nSPS) is 14.1. The van der Waals surface area contributed by atoms with Gasteiger partial charge in [-0.2, -0.15) is 15.0 Å². The Hall–Kier alpha value is -3.33. The Morgan fingerprint density at radius 3 is 2.43 bits per heavy atom. The molecule has 4 rings (SSSR count). The summed E-state index contributed by atoms with van der Waals surface area (Å²) in [4.78, 5) is 23.6. The van der Waals surface area contributed by atoms with Crippen molar-refractivity contribution in [1.82, 2.24) is 24.9 Å². The Labute approximate surface area is 162 Å². The molecule has 144 valence electrons. The average Bonchev–Trinajstić information content (AvgIpc) is 2.75. The maximum absolute atomic E-state index is 5.91. The molecule has 0 unspecified atom stereocenters. The summed E-state index contributed by atoms with van der Waals surface area (Å²) in [5, 5.41) is 0. The SMILES string of the molecule is CCc1ccc(Oc2nc(-c3cnc(N)nc3)nc(N3CCOCC3)n2)cc1. The van der Waals surface area contributed by atoms with Crippen molar-refractivity contribution in [2.75, 3.05) is 36.9 Å². The standard InChI is InChI=1S/C19H21N7O2/c1-2-13-3-5-15(6-4-13)28-19-24-16(14-11-21-17(20)22-12-14)23-18(25-19)26-7-9-27-10-8-26/h3-6,11-12H,2,7-10H2,1H3,(H2,20,21,22). The number of nitrogen functional groups attached to an aromatic ring is 1. The molecule has 0 amide bonds. The van der Waals surface area contributed by atoms with Crippen LogP contribution in [0.3, 0.4) is 0 Å². The van der Waals surface area contributed by atoms with Crippen LogP contribution in [0.4, 0.5) is 11.9 Å². The van der Waals surface area contributed by atoms with Crippen LogP contribution in [0.1, 0.15) is 12.5 Å². The molecule has 9 heteroatoms. The topological polar surface area (TPSA) is 112 Å². The molecule has 0 aliphatic carbocycles. The van der Waals surface area contributed by atoms with E-state index in [0.717, 1.165) is 6.42 Å². The van der Waals surface area contributed by atoms with Crippen molar-refractivity contribution in [3.8, 4) is 23.1 Å². The molecular formula is C19H21N7O2. The lowest BCUT2D eigenvalue weighted by Crippen LogP contribution is -2.37. The third-order valence-corrected chi connectivity index (χ3v) is 4.37. The van der Waals surface area contributed by atoms with Gasteiger partial charge in [-0.25, -0.2) is 9.97 Å². The summed E-state index contributed by atoms with van der Waals surface area (Å²) in [5.41, 5.74) is 7.45. The summed E-state index contributed by atoms with van der Waals surface area (Å²) in [7, 11) is 0. The van der Waals surface area contributed by atoms with Crippen LogP contribution in [-0.2, 0) is 11.2 Å². The fourth-order valence-electron chi connectivity index (χ4n) is 2.78. The minimum atomic E-state index is 0.193. The number of aryl methyl sites for hydroxylation is 1. The van der Waals surface area contributed by atoms with Crippen molar-refractivity contribution in [2.24, 2.45) is 0 Å². The zero-order valence-corrected chi connectivity index (χ0v) is 15.6. The zero-order valence-electron chi connectivity index (χ0n) is 15.6. The largest absolute Gasteiger partial charge is 0.424 e. The molecule has 0 spiro atoms. The van der Waals surface area contributed by atoms with Gasteiger partial charge in [0.25, 0.3) is 0 Å². The second-order valence-corrected chi connectivity index (χ2v) is 6.27. The van der Waals surface area contributed by atoms with Crippen LogP contribution in [0.2, 0.25) is 0 Å². The lowest BCUT2D eigenvalue weighted by Gasteiger charge is -2.26. The summed E-state index contributed by atoms with van der Waals surface area (Å²) >= 11 is 0. The Balaban J connectivity index is 1.68. The Kier molecular flexibility index (Phi) is 5.24. The zero-order chi connectivity index (χ0) is 19.3. The molecule has 0 atom stereocenters. The summed E-state index contributed by atoms with van der Waals surface area (Å²) in [5.74, 6) is 1.82. The third kappa shape index (κ3) is 4.15. The van der Waals surface area contributed by atoms with Gasteiger partial charge in [0.2, 0.25) is 11.9 Å².